The molecule has 0 spiro atoms. The maximum absolute atomic E-state index is 9.13. The Balaban J connectivity index is 1.96. The Labute approximate surface area is 95.7 Å². The molecule has 2 rings (SSSR count). The van der Waals surface area contributed by atoms with Crippen LogP contribution in [0, 0.1) is 0 Å². The van der Waals surface area contributed by atoms with Crippen molar-refractivity contribution >= 4 is 6.08 Å². The Hall–Kier alpha value is -1.32. The summed E-state index contributed by atoms with van der Waals surface area (Å²) in [6, 6.07) is 8.00. The van der Waals surface area contributed by atoms with Gasteiger partial charge in [-0.05, 0) is 24.6 Å². The zero-order valence-electron chi connectivity index (χ0n) is 9.44. The summed E-state index contributed by atoms with van der Waals surface area (Å²) in [7, 11) is 0. The van der Waals surface area contributed by atoms with Crippen LogP contribution in [0.3, 0.4) is 0 Å². The van der Waals surface area contributed by atoms with Gasteiger partial charge in [0.2, 0.25) is 0 Å². The van der Waals surface area contributed by atoms with Crippen LogP contribution in [-0.2, 0) is 0 Å². The summed E-state index contributed by atoms with van der Waals surface area (Å²) >= 11 is 0. The topological polar surface area (TPSA) is 41.5 Å². The monoisotopic (exact) mass is 219 g/mol. The van der Waals surface area contributed by atoms with E-state index in [-0.39, 0.29) is 6.10 Å². The number of fused-ring (bicyclic) bond motifs is 1. The van der Waals surface area contributed by atoms with Crippen LogP contribution >= 0.6 is 0 Å². The molecule has 1 aliphatic rings. The zero-order valence-corrected chi connectivity index (χ0v) is 9.44. The maximum Gasteiger partial charge on any atom is 0.127 e. The van der Waals surface area contributed by atoms with Crippen LogP contribution in [0.15, 0.2) is 29.8 Å². The summed E-state index contributed by atoms with van der Waals surface area (Å²) in [5.74, 6) is 0.946. The van der Waals surface area contributed by atoms with Crippen molar-refractivity contribution in [3.05, 3.63) is 35.4 Å². The van der Waals surface area contributed by atoms with Gasteiger partial charge in [0, 0.05) is 18.7 Å². The fourth-order valence-electron chi connectivity index (χ4n) is 1.71. The highest BCUT2D eigenvalue weighted by molar-refractivity contribution is 5.62. The summed E-state index contributed by atoms with van der Waals surface area (Å²) in [4.78, 5) is 0. The van der Waals surface area contributed by atoms with Gasteiger partial charge in [-0.3, -0.25) is 0 Å². The van der Waals surface area contributed by atoms with Crippen molar-refractivity contribution in [2.24, 2.45) is 0 Å². The molecule has 16 heavy (non-hydrogen) atoms. The lowest BCUT2D eigenvalue weighted by molar-refractivity contribution is 0.192. The summed E-state index contributed by atoms with van der Waals surface area (Å²) in [6.07, 6.45) is 1.84. The first-order chi connectivity index (χ1) is 7.75. The molecule has 0 saturated carbocycles. The van der Waals surface area contributed by atoms with Gasteiger partial charge < -0.3 is 15.2 Å². The van der Waals surface area contributed by atoms with Crippen LogP contribution in [0.5, 0.6) is 5.75 Å². The van der Waals surface area contributed by atoms with Gasteiger partial charge in [0.15, 0.2) is 0 Å². The van der Waals surface area contributed by atoms with E-state index in [1.807, 2.05) is 24.3 Å². The van der Waals surface area contributed by atoms with E-state index < -0.39 is 0 Å². The average Bonchev–Trinajstić information content (AvgIpc) is 2.28. The number of hydrogen-bond acceptors (Lipinski definition) is 3. The molecule has 0 fully saturated rings. The van der Waals surface area contributed by atoms with Crippen molar-refractivity contribution < 1.29 is 9.84 Å². The highest BCUT2D eigenvalue weighted by Gasteiger charge is 2.10. The van der Waals surface area contributed by atoms with E-state index in [9.17, 15) is 0 Å². The molecule has 2 N–H and O–H groups in total. The molecule has 0 aliphatic carbocycles. The Morgan fingerprint density at radius 2 is 2.25 bits per heavy atom. The lowest BCUT2D eigenvalue weighted by Crippen LogP contribution is -2.28. The minimum atomic E-state index is -0.308. The fraction of sp³-hybridized carbons (Fsp3) is 0.385. The fourth-order valence-corrected chi connectivity index (χ4v) is 1.71. The number of ether oxygens (including phenoxy) is 1. The summed E-state index contributed by atoms with van der Waals surface area (Å²) in [5, 5.41) is 12.3. The smallest absolute Gasteiger partial charge is 0.127 e. The first-order valence-electron chi connectivity index (χ1n) is 5.56. The van der Waals surface area contributed by atoms with E-state index in [2.05, 4.69) is 11.4 Å². The predicted octanol–water partition coefficient (Wildman–Crippen LogP) is 1.43. The lowest BCUT2D eigenvalue weighted by atomic mass is 10.1. The standard InChI is InChI=1S/C13H17NO2/c1-10(15)7-14-8-11-6-12-4-2-3-5-13(12)16-9-11/h2-6,10,14-15H,7-9H2,1H3/t10-/m1/s1. The van der Waals surface area contributed by atoms with Crippen LogP contribution in [0.25, 0.3) is 6.08 Å². The second-order valence-electron chi connectivity index (χ2n) is 4.11. The van der Waals surface area contributed by atoms with E-state index in [4.69, 9.17) is 9.84 Å². The van der Waals surface area contributed by atoms with Gasteiger partial charge in [-0.25, -0.2) is 0 Å². The van der Waals surface area contributed by atoms with Crippen molar-refractivity contribution in [1.82, 2.24) is 5.32 Å². The Morgan fingerprint density at radius 3 is 3.06 bits per heavy atom. The van der Waals surface area contributed by atoms with E-state index >= 15 is 0 Å². The maximum atomic E-state index is 9.13. The Bertz CT molecular complexity index is 385. The third-order valence-electron chi connectivity index (χ3n) is 2.48. The van der Waals surface area contributed by atoms with Crippen molar-refractivity contribution in [1.29, 1.82) is 0 Å². The zero-order chi connectivity index (χ0) is 11.4. The number of rotatable bonds is 4. The summed E-state index contributed by atoms with van der Waals surface area (Å²) < 4.78 is 5.62. The van der Waals surface area contributed by atoms with Crippen LogP contribution in [-0.4, -0.2) is 30.9 Å². The molecule has 0 bridgehead atoms. The van der Waals surface area contributed by atoms with Crippen LogP contribution in [0.2, 0.25) is 0 Å². The van der Waals surface area contributed by atoms with Crippen molar-refractivity contribution in [2.45, 2.75) is 13.0 Å². The van der Waals surface area contributed by atoms with E-state index in [0.29, 0.717) is 13.2 Å². The minimum absolute atomic E-state index is 0.308. The normalized spacial score (nSPS) is 16.0. The first-order valence-corrected chi connectivity index (χ1v) is 5.56. The average molecular weight is 219 g/mol. The SMILES string of the molecule is C[C@@H](O)CNCC1=Cc2ccccc2OC1. The third-order valence-corrected chi connectivity index (χ3v) is 2.48. The van der Waals surface area contributed by atoms with Crippen LogP contribution in [0.4, 0.5) is 0 Å². The molecule has 1 aromatic carbocycles. The number of benzene rings is 1. The molecule has 0 unspecified atom stereocenters. The molecule has 86 valence electrons. The minimum Gasteiger partial charge on any atom is -0.489 e. The van der Waals surface area contributed by atoms with Crippen molar-refractivity contribution in [3.63, 3.8) is 0 Å². The molecule has 0 aromatic heterocycles. The predicted molar refractivity (Wildman–Crippen MR) is 64.5 cm³/mol. The Morgan fingerprint density at radius 1 is 1.44 bits per heavy atom. The summed E-state index contributed by atoms with van der Waals surface area (Å²) in [6.45, 7) is 3.77. The first kappa shape index (κ1) is 11.2. The number of aliphatic hydroxyl groups excluding tert-OH is 1. The molecule has 1 atom stereocenters. The second-order valence-corrected chi connectivity index (χ2v) is 4.11. The van der Waals surface area contributed by atoms with E-state index in [1.165, 1.54) is 5.57 Å². The molecular formula is C13H17NO2. The van der Waals surface area contributed by atoms with Gasteiger partial charge in [-0.15, -0.1) is 0 Å². The van der Waals surface area contributed by atoms with Gasteiger partial charge in [0.05, 0.1) is 6.10 Å². The molecular weight excluding hydrogens is 202 g/mol. The highest BCUT2D eigenvalue weighted by atomic mass is 16.5. The number of nitrogens with one attached hydrogen (secondary N) is 1. The molecule has 1 heterocycles. The molecule has 3 nitrogen and oxygen atoms in total. The van der Waals surface area contributed by atoms with Crippen molar-refractivity contribution in [2.75, 3.05) is 19.7 Å². The summed E-state index contributed by atoms with van der Waals surface area (Å²) in [5.41, 5.74) is 2.34. The van der Waals surface area contributed by atoms with Gasteiger partial charge in [0.25, 0.3) is 0 Å². The van der Waals surface area contributed by atoms with Gasteiger partial charge in [-0.1, -0.05) is 18.2 Å². The highest BCUT2D eigenvalue weighted by Crippen LogP contribution is 2.25. The molecule has 1 aromatic rings. The van der Waals surface area contributed by atoms with E-state index in [1.54, 1.807) is 6.92 Å². The third kappa shape index (κ3) is 2.84. The Kier molecular flexibility index (Phi) is 3.59. The van der Waals surface area contributed by atoms with E-state index in [0.717, 1.165) is 17.9 Å². The van der Waals surface area contributed by atoms with Gasteiger partial charge in [-0.2, -0.15) is 0 Å². The molecule has 0 radical (unpaired) electrons. The molecule has 3 heteroatoms. The largest absolute Gasteiger partial charge is 0.489 e. The number of aliphatic hydroxyl groups is 1. The lowest BCUT2D eigenvalue weighted by Gasteiger charge is -2.18. The number of hydrogen-bond donors (Lipinski definition) is 2. The second kappa shape index (κ2) is 5.14. The molecule has 0 amide bonds. The quantitative estimate of drug-likeness (QED) is 0.805. The number of para-hydroxylation sites is 1. The van der Waals surface area contributed by atoms with Gasteiger partial charge >= 0.3 is 0 Å². The van der Waals surface area contributed by atoms with Gasteiger partial charge in [0.1, 0.15) is 12.4 Å². The molecule has 0 saturated heterocycles. The molecule has 1 aliphatic heterocycles. The van der Waals surface area contributed by atoms with Crippen LogP contribution < -0.4 is 10.1 Å². The van der Waals surface area contributed by atoms with Crippen molar-refractivity contribution in [3.8, 4) is 5.75 Å². The van der Waals surface area contributed by atoms with Crippen LogP contribution in [0.1, 0.15) is 12.5 Å².